The number of benzene rings is 1. The predicted octanol–water partition coefficient (Wildman–Crippen LogP) is 1.80. The van der Waals surface area contributed by atoms with Gasteiger partial charge in [0, 0.05) is 24.7 Å². The van der Waals surface area contributed by atoms with Crippen molar-refractivity contribution in [1.29, 1.82) is 0 Å². The lowest BCUT2D eigenvalue weighted by atomic mass is 10.0. The van der Waals surface area contributed by atoms with Gasteiger partial charge < -0.3 is 19.3 Å². The molecule has 1 aliphatic heterocycles. The highest BCUT2D eigenvalue weighted by atomic mass is 16.5. The van der Waals surface area contributed by atoms with E-state index in [9.17, 15) is 4.79 Å². The van der Waals surface area contributed by atoms with Crippen LogP contribution in [0.2, 0.25) is 0 Å². The summed E-state index contributed by atoms with van der Waals surface area (Å²) in [7, 11) is 7.27. The fraction of sp³-hybridized carbons (Fsp3) is 0.588. The molecule has 0 spiro atoms. The second-order valence-electron chi connectivity index (χ2n) is 5.89. The van der Waals surface area contributed by atoms with E-state index >= 15 is 0 Å². The molecule has 1 heterocycles. The van der Waals surface area contributed by atoms with Crippen molar-refractivity contribution < 1.29 is 14.3 Å². The zero-order valence-corrected chi connectivity index (χ0v) is 14.0. The number of rotatable bonds is 5. The van der Waals surface area contributed by atoms with Crippen molar-refractivity contribution in [3.8, 4) is 11.5 Å². The van der Waals surface area contributed by atoms with E-state index in [1.54, 1.807) is 14.2 Å². The molecule has 0 saturated carbocycles. The van der Waals surface area contributed by atoms with Crippen molar-refractivity contribution in [2.45, 2.75) is 25.3 Å². The van der Waals surface area contributed by atoms with Crippen LogP contribution in [0.15, 0.2) is 18.2 Å². The van der Waals surface area contributed by atoms with E-state index in [4.69, 9.17) is 9.47 Å². The van der Waals surface area contributed by atoms with E-state index in [-0.39, 0.29) is 5.91 Å². The van der Waals surface area contributed by atoms with Crippen LogP contribution in [-0.4, -0.2) is 63.2 Å². The van der Waals surface area contributed by atoms with Gasteiger partial charge in [0.15, 0.2) is 0 Å². The molecule has 2 rings (SSSR count). The number of carbonyl (C=O) groups excluding carboxylic acids is 1. The first-order chi connectivity index (χ1) is 10.5. The van der Waals surface area contributed by atoms with E-state index < -0.39 is 0 Å². The van der Waals surface area contributed by atoms with E-state index in [0.717, 1.165) is 37.2 Å². The number of likely N-dealkylation sites (tertiary alicyclic amines) is 1. The fourth-order valence-corrected chi connectivity index (χ4v) is 2.87. The quantitative estimate of drug-likeness (QED) is 0.832. The summed E-state index contributed by atoms with van der Waals surface area (Å²) in [5.74, 6) is 1.57. The summed E-state index contributed by atoms with van der Waals surface area (Å²) >= 11 is 0. The maximum Gasteiger partial charge on any atom is 0.227 e. The summed E-state index contributed by atoms with van der Waals surface area (Å²) in [6, 6.07) is 5.92. The molecular weight excluding hydrogens is 280 g/mol. The number of amides is 1. The molecule has 0 bridgehead atoms. The summed E-state index contributed by atoms with van der Waals surface area (Å²) in [5.41, 5.74) is 0.896. The largest absolute Gasteiger partial charge is 0.497 e. The topological polar surface area (TPSA) is 42.0 Å². The SMILES string of the molecule is COc1ccc(CC(=O)N(C)C2CCN(C)CC2)c(OC)c1. The van der Waals surface area contributed by atoms with E-state index in [1.807, 2.05) is 30.1 Å². The number of piperidine rings is 1. The molecule has 122 valence electrons. The Bertz CT molecular complexity index is 511. The van der Waals surface area contributed by atoms with Crippen LogP contribution < -0.4 is 9.47 Å². The predicted molar refractivity (Wildman–Crippen MR) is 86.5 cm³/mol. The van der Waals surface area contributed by atoms with E-state index in [1.165, 1.54) is 0 Å². The van der Waals surface area contributed by atoms with Crippen LogP contribution in [0.1, 0.15) is 18.4 Å². The Hall–Kier alpha value is -1.75. The maximum absolute atomic E-state index is 12.5. The molecule has 5 nitrogen and oxygen atoms in total. The number of methoxy groups -OCH3 is 2. The van der Waals surface area contributed by atoms with Gasteiger partial charge in [-0.3, -0.25) is 4.79 Å². The van der Waals surface area contributed by atoms with Crippen LogP contribution in [0.3, 0.4) is 0 Å². The molecule has 22 heavy (non-hydrogen) atoms. The van der Waals surface area contributed by atoms with Crippen molar-refractivity contribution in [2.24, 2.45) is 0 Å². The summed E-state index contributed by atoms with van der Waals surface area (Å²) in [5, 5.41) is 0. The average Bonchev–Trinajstić information content (AvgIpc) is 2.55. The Morgan fingerprint density at radius 2 is 1.95 bits per heavy atom. The number of likely N-dealkylation sites (N-methyl/N-ethyl adjacent to an activating group) is 1. The highest BCUT2D eigenvalue weighted by Gasteiger charge is 2.24. The maximum atomic E-state index is 12.5. The molecule has 5 heteroatoms. The van der Waals surface area contributed by atoms with Gasteiger partial charge in [-0.05, 0) is 39.0 Å². The van der Waals surface area contributed by atoms with Gasteiger partial charge in [-0.15, -0.1) is 0 Å². The molecule has 0 radical (unpaired) electrons. The third-order valence-electron chi connectivity index (χ3n) is 4.47. The van der Waals surface area contributed by atoms with Crippen molar-refractivity contribution in [1.82, 2.24) is 9.80 Å². The Morgan fingerprint density at radius 3 is 2.55 bits per heavy atom. The Balaban J connectivity index is 2.02. The van der Waals surface area contributed by atoms with E-state index in [2.05, 4.69) is 11.9 Å². The molecule has 0 aromatic heterocycles. The van der Waals surface area contributed by atoms with Gasteiger partial charge in [0.05, 0.1) is 20.6 Å². The van der Waals surface area contributed by atoms with Crippen LogP contribution in [0.25, 0.3) is 0 Å². The van der Waals surface area contributed by atoms with Gasteiger partial charge >= 0.3 is 0 Å². The summed E-state index contributed by atoms with van der Waals surface area (Å²) in [6.07, 6.45) is 2.44. The molecule has 1 aliphatic rings. The minimum Gasteiger partial charge on any atom is -0.497 e. The zero-order valence-electron chi connectivity index (χ0n) is 14.0. The van der Waals surface area contributed by atoms with Crippen molar-refractivity contribution in [3.05, 3.63) is 23.8 Å². The normalized spacial score (nSPS) is 16.4. The first kappa shape index (κ1) is 16.6. The monoisotopic (exact) mass is 306 g/mol. The van der Waals surface area contributed by atoms with Crippen molar-refractivity contribution in [2.75, 3.05) is 41.4 Å². The third-order valence-corrected chi connectivity index (χ3v) is 4.47. The van der Waals surface area contributed by atoms with Crippen molar-refractivity contribution in [3.63, 3.8) is 0 Å². The van der Waals surface area contributed by atoms with Gasteiger partial charge in [0.1, 0.15) is 11.5 Å². The molecule has 1 fully saturated rings. The van der Waals surface area contributed by atoms with Crippen molar-refractivity contribution >= 4 is 5.91 Å². The van der Waals surface area contributed by atoms with Gasteiger partial charge in [0.25, 0.3) is 0 Å². The number of nitrogens with zero attached hydrogens (tertiary/aromatic N) is 2. The van der Waals surface area contributed by atoms with E-state index in [0.29, 0.717) is 18.2 Å². The van der Waals surface area contributed by atoms with Crippen LogP contribution in [-0.2, 0) is 11.2 Å². The standard InChI is InChI=1S/C17H26N2O3/c1-18-9-7-14(8-10-18)19(2)17(20)11-13-5-6-15(21-3)12-16(13)22-4/h5-6,12,14H,7-11H2,1-4H3. The zero-order chi connectivity index (χ0) is 16.1. The number of ether oxygens (including phenoxy) is 2. The van der Waals surface area contributed by atoms with Crippen LogP contribution >= 0.6 is 0 Å². The third kappa shape index (κ3) is 3.91. The minimum absolute atomic E-state index is 0.137. The molecule has 0 atom stereocenters. The molecule has 1 aromatic carbocycles. The summed E-state index contributed by atoms with van der Waals surface area (Å²) < 4.78 is 10.6. The smallest absolute Gasteiger partial charge is 0.227 e. The molecule has 1 saturated heterocycles. The van der Waals surface area contributed by atoms with Gasteiger partial charge in [0.2, 0.25) is 5.91 Å². The second kappa shape index (κ2) is 7.49. The number of hydrogen-bond acceptors (Lipinski definition) is 4. The number of hydrogen-bond donors (Lipinski definition) is 0. The lowest BCUT2D eigenvalue weighted by Gasteiger charge is -2.35. The Kier molecular flexibility index (Phi) is 5.66. The Labute approximate surface area is 132 Å². The molecular formula is C17H26N2O3. The highest BCUT2D eigenvalue weighted by molar-refractivity contribution is 5.79. The summed E-state index contributed by atoms with van der Waals surface area (Å²) in [6.45, 7) is 2.10. The molecule has 0 unspecified atom stereocenters. The lowest BCUT2D eigenvalue weighted by molar-refractivity contribution is -0.132. The molecule has 1 amide bonds. The van der Waals surface area contributed by atoms with Crippen LogP contribution in [0, 0.1) is 0 Å². The first-order valence-corrected chi connectivity index (χ1v) is 7.70. The van der Waals surface area contributed by atoms with Gasteiger partial charge in [-0.25, -0.2) is 0 Å². The summed E-state index contributed by atoms with van der Waals surface area (Å²) in [4.78, 5) is 16.7. The average molecular weight is 306 g/mol. The highest BCUT2D eigenvalue weighted by Crippen LogP contribution is 2.26. The van der Waals surface area contributed by atoms with Gasteiger partial charge in [-0.1, -0.05) is 6.07 Å². The van der Waals surface area contributed by atoms with Crippen LogP contribution in [0.5, 0.6) is 11.5 Å². The molecule has 1 aromatic rings. The molecule has 0 aliphatic carbocycles. The molecule has 0 N–H and O–H groups in total. The fourth-order valence-electron chi connectivity index (χ4n) is 2.87. The number of carbonyl (C=O) groups is 1. The lowest BCUT2D eigenvalue weighted by Crippen LogP contribution is -2.45. The second-order valence-corrected chi connectivity index (χ2v) is 5.89. The first-order valence-electron chi connectivity index (χ1n) is 7.70. The Morgan fingerprint density at radius 1 is 1.27 bits per heavy atom. The minimum atomic E-state index is 0.137. The van der Waals surface area contributed by atoms with Gasteiger partial charge in [-0.2, -0.15) is 0 Å². The van der Waals surface area contributed by atoms with Crippen LogP contribution in [0.4, 0.5) is 0 Å².